The van der Waals surface area contributed by atoms with Crippen LogP contribution in [-0.4, -0.2) is 47.8 Å². The molecular weight excluding hydrogens is 718 g/mol. The molecule has 0 amide bonds. The van der Waals surface area contributed by atoms with Gasteiger partial charge in [0, 0.05) is 47.8 Å². The number of unbranched alkanes of at least 4 members (excludes halogenated alkanes) is 1. The first-order valence-electron chi connectivity index (χ1n) is 13.5. The van der Waals surface area contributed by atoms with Gasteiger partial charge in [-0.2, -0.15) is 0 Å². The zero-order valence-corrected chi connectivity index (χ0v) is 30.3. The van der Waals surface area contributed by atoms with Gasteiger partial charge in [0.05, 0.1) is 13.3 Å². The summed E-state index contributed by atoms with van der Waals surface area (Å²) in [6.07, 6.45) is 1.92. The van der Waals surface area contributed by atoms with Crippen molar-refractivity contribution >= 4 is 47.8 Å². The normalized spacial score (nSPS) is 7.55. The van der Waals surface area contributed by atoms with Crippen LogP contribution in [0.2, 0.25) is 0 Å². The Morgan fingerprint density at radius 1 is 0.238 bits per heavy atom. The molecule has 0 saturated heterocycles. The first kappa shape index (κ1) is 43.2. The maximum atomic E-state index is 3.54. The van der Waals surface area contributed by atoms with Gasteiger partial charge in [-0.1, -0.05) is 218 Å². The van der Waals surface area contributed by atoms with E-state index in [1.54, 1.807) is 0 Å². The number of benzene rings is 6. The molecule has 0 spiro atoms. The molecule has 6 aromatic carbocycles. The Kier molecular flexibility index (Phi) is 43.5. The average Bonchev–Trinajstić information content (AvgIpc) is 3.11. The minimum absolute atomic E-state index is 0. The second-order valence-corrected chi connectivity index (χ2v) is 7.64. The van der Waals surface area contributed by atoms with E-state index in [-0.39, 0.29) is 47.8 Å². The third kappa shape index (κ3) is 41.3. The summed E-state index contributed by atoms with van der Waals surface area (Å²) in [5, 5.41) is 0. The molecule has 42 heavy (non-hydrogen) atoms. The van der Waals surface area contributed by atoms with Crippen LogP contribution in [0.3, 0.4) is 0 Å². The zero-order chi connectivity index (χ0) is 28.9. The molecule has 0 aliphatic heterocycles. The molecular formula is C40H44Sn2. The van der Waals surface area contributed by atoms with E-state index in [1.165, 1.54) is 0 Å². The van der Waals surface area contributed by atoms with Gasteiger partial charge in [0.25, 0.3) is 0 Å². The van der Waals surface area contributed by atoms with Crippen molar-refractivity contribution < 1.29 is 0 Å². The van der Waals surface area contributed by atoms with Gasteiger partial charge in [-0.15, -0.1) is 6.42 Å². The third-order valence-electron chi connectivity index (χ3n) is 4.25. The van der Waals surface area contributed by atoms with Gasteiger partial charge in [-0.25, -0.2) is 0 Å². The van der Waals surface area contributed by atoms with E-state index in [0.717, 1.165) is 12.8 Å². The minimum Gasteiger partial charge on any atom is -0.339 e. The van der Waals surface area contributed by atoms with Crippen molar-refractivity contribution in [2.45, 2.75) is 12.8 Å². The topological polar surface area (TPSA) is 0 Å². The quantitative estimate of drug-likeness (QED) is 0.116. The molecule has 0 atom stereocenters. The van der Waals surface area contributed by atoms with Crippen LogP contribution in [0.15, 0.2) is 218 Å². The van der Waals surface area contributed by atoms with Gasteiger partial charge in [0.15, 0.2) is 0 Å². The SMILES string of the molecule is [CH2+]CC[CH2-].[Sn].[Sn].c1ccccc1.c1ccccc1.c1ccccc1.c1ccccc1.c1ccccc1.c1ccccc1. The molecule has 0 aromatic heterocycles. The predicted octanol–water partition coefficient (Wildman–Crippen LogP) is 10.8. The molecule has 0 saturated carbocycles. The van der Waals surface area contributed by atoms with E-state index >= 15 is 0 Å². The summed E-state index contributed by atoms with van der Waals surface area (Å²) in [7, 11) is 0. The van der Waals surface area contributed by atoms with Crippen molar-refractivity contribution in [3.63, 3.8) is 0 Å². The molecule has 6 aromatic rings. The largest absolute Gasteiger partial charge is 0.339 e. The fraction of sp³-hybridized carbons (Fsp3) is 0.0500. The predicted molar refractivity (Wildman–Crippen MR) is 190 cm³/mol. The Morgan fingerprint density at radius 2 is 0.286 bits per heavy atom. The molecule has 212 valence electrons. The van der Waals surface area contributed by atoms with Gasteiger partial charge in [0.1, 0.15) is 0 Å². The van der Waals surface area contributed by atoms with Crippen LogP contribution >= 0.6 is 0 Å². The summed E-state index contributed by atoms with van der Waals surface area (Å²) in [6.45, 7) is 7.08. The van der Waals surface area contributed by atoms with Gasteiger partial charge >= 0.3 is 0 Å². The molecule has 2 heteroatoms. The van der Waals surface area contributed by atoms with Crippen LogP contribution in [0.1, 0.15) is 12.8 Å². The smallest absolute Gasteiger partial charge is 0.0587 e. The summed E-state index contributed by atoms with van der Waals surface area (Å²) in [5.41, 5.74) is 0. The van der Waals surface area contributed by atoms with Crippen LogP contribution in [0.4, 0.5) is 0 Å². The third-order valence-corrected chi connectivity index (χ3v) is 4.25. The maximum Gasteiger partial charge on any atom is 0.0587 e. The molecule has 0 bridgehead atoms. The molecule has 0 nitrogen and oxygen atoms in total. The van der Waals surface area contributed by atoms with Crippen molar-refractivity contribution in [2.75, 3.05) is 0 Å². The summed E-state index contributed by atoms with van der Waals surface area (Å²) in [4.78, 5) is 0. The van der Waals surface area contributed by atoms with Crippen molar-refractivity contribution in [3.8, 4) is 0 Å². The van der Waals surface area contributed by atoms with Crippen molar-refractivity contribution in [1.29, 1.82) is 0 Å². The number of hydrogen-bond acceptors (Lipinski definition) is 0. The summed E-state index contributed by atoms with van der Waals surface area (Å²) in [5.74, 6) is 0. The standard InChI is InChI=1S/6C6H6.C4H8.2Sn/c6*1-2-4-6-5-3-1;1-3-4-2;;/h6*1-6H;1-4H2;;. The number of hydrogen-bond donors (Lipinski definition) is 0. The van der Waals surface area contributed by atoms with Crippen molar-refractivity contribution in [3.05, 3.63) is 232 Å². The van der Waals surface area contributed by atoms with E-state index in [1.807, 2.05) is 218 Å². The Labute approximate surface area is 290 Å². The summed E-state index contributed by atoms with van der Waals surface area (Å²) in [6, 6.07) is 72.0. The van der Waals surface area contributed by atoms with Gasteiger partial charge < -0.3 is 6.92 Å². The first-order chi connectivity index (χ1) is 19.9. The zero-order valence-electron chi connectivity index (χ0n) is 24.6. The fourth-order valence-electron chi connectivity index (χ4n) is 2.31. The monoisotopic (exact) mass is 764 g/mol. The van der Waals surface area contributed by atoms with Crippen molar-refractivity contribution in [1.82, 2.24) is 0 Å². The Bertz CT molecular complexity index is 718. The molecule has 6 rings (SSSR count). The first-order valence-corrected chi connectivity index (χ1v) is 13.5. The van der Waals surface area contributed by atoms with E-state index in [4.69, 9.17) is 0 Å². The Morgan fingerprint density at radius 3 is 0.310 bits per heavy atom. The van der Waals surface area contributed by atoms with E-state index in [2.05, 4.69) is 13.8 Å². The molecule has 0 fully saturated rings. The second kappa shape index (κ2) is 42.3. The average molecular weight is 762 g/mol. The van der Waals surface area contributed by atoms with E-state index in [0.29, 0.717) is 0 Å². The van der Waals surface area contributed by atoms with Crippen LogP contribution in [0.5, 0.6) is 0 Å². The Hall–Kier alpha value is -3.21. The molecule has 0 heterocycles. The number of rotatable bonds is 1. The van der Waals surface area contributed by atoms with Gasteiger partial charge in [0.2, 0.25) is 0 Å². The fourth-order valence-corrected chi connectivity index (χ4v) is 2.31. The van der Waals surface area contributed by atoms with Crippen LogP contribution in [0.25, 0.3) is 0 Å². The Balaban J connectivity index is -0.000000421. The minimum atomic E-state index is 0. The second-order valence-electron chi connectivity index (χ2n) is 7.64. The van der Waals surface area contributed by atoms with E-state index < -0.39 is 0 Å². The molecule has 0 N–H and O–H groups in total. The van der Waals surface area contributed by atoms with E-state index in [9.17, 15) is 0 Å². The molecule has 8 radical (unpaired) electrons. The van der Waals surface area contributed by atoms with Crippen molar-refractivity contribution in [2.24, 2.45) is 0 Å². The molecule has 0 unspecified atom stereocenters. The van der Waals surface area contributed by atoms with Gasteiger partial charge in [-0.3, -0.25) is 0 Å². The molecule has 0 aliphatic rings. The molecule has 0 aliphatic carbocycles. The van der Waals surface area contributed by atoms with Crippen LogP contribution in [0, 0.1) is 13.8 Å². The summed E-state index contributed by atoms with van der Waals surface area (Å²) >= 11 is 0. The van der Waals surface area contributed by atoms with Gasteiger partial charge in [-0.05, 0) is 0 Å². The summed E-state index contributed by atoms with van der Waals surface area (Å²) < 4.78 is 0. The maximum absolute atomic E-state index is 3.54. The van der Waals surface area contributed by atoms with Crippen LogP contribution in [-0.2, 0) is 0 Å². The van der Waals surface area contributed by atoms with Crippen LogP contribution < -0.4 is 0 Å².